The maximum atomic E-state index is 12.9. The van der Waals surface area contributed by atoms with E-state index in [1.165, 1.54) is 4.90 Å². The summed E-state index contributed by atoms with van der Waals surface area (Å²) in [6, 6.07) is 12.1. The SMILES string of the molecule is CCSCCN(C(=O)[C@H](N)CCCN)[C@@H](CNc1ccc2ccccc2c1)C(=O)O. The molecule has 0 spiro atoms. The number of nitrogens with zero attached hydrogens (tertiary/aromatic N) is 1. The number of amides is 1. The van der Waals surface area contributed by atoms with Crippen LogP contribution >= 0.6 is 11.8 Å². The fraction of sp³-hybridized carbons (Fsp3) is 0.455. The van der Waals surface area contributed by atoms with Gasteiger partial charge in [-0.25, -0.2) is 4.79 Å². The number of rotatable bonds is 13. The number of nitrogens with two attached hydrogens (primary N) is 2. The van der Waals surface area contributed by atoms with E-state index in [4.69, 9.17) is 11.5 Å². The molecule has 2 aromatic rings. The van der Waals surface area contributed by atoms with Crippen molar-refractivity contribution in [2.45, 2.75) is 31.8 Å². The van der Waals surface area contributed by atoms with Gasteiger partial charge in [0, 0.05) is 24.5 Å². The highest BCUT2D eigenvalue weighted by atomic mass is 32.2. The molecule has 7 nitrogen and oxygen atoms in total. The van der Waals surface area contributed by atoms with Crippen LogP contribution in [0.3, 0.4) is 0 Å². The summed E-state index contributed by atoms with van der Waals surface area (Å²) in [6.45, 7) is 2.90. The number of carbonyl (C=O) groups is 2. The van der Waals surface area contributed by atoms with E-state index in [1.54, 1.807) is 11.8 Å². The number of nitrogens with one attached hydrogen (secondary N) is 1. The van der Waals surface area contributed by atoms with Crippen LogP contribution in [0.15, 0.2) is 42.5 Å². The minimum atomic E-state index is -1.05. The number of thioether (sulfide) groups is 1. The predicted octanol–water partition coefficient (Wildman–Crippen LogP) is 2.35. The maximum Gasteiger partial charge on any atom is 0.328 e. The molecular formula is C22H32N4O3S. The van der Waals surface area contributed by atoms with E-state index in [-0.39, 0.29) is 12.5 Å². The number of anilines is 1. The van der Waals surface area contributed by atoms with Crippen LogP contribution in [0.25, 0.3) is 10.8 Å². The molecule has 2 atom stereocenters. The molecule has 0 aromatic heterocycles. The van der Waals surface area contributed by atoms with Gasteiger partial charge in [0.2, 0.25) is 5.91 Å². The molecule has 0 aliphatic rings. The van der Waals surface area contributed by atoms with E-state index >= 15 is 0 Å². The molecule has 1 amide bonds. The average molecular weight is 433 g/mol. The second kappa shape index (κ2) is 12.4. The Kier molecular flexibility index (Phi) is 9.93. The van der Waals surface area contributed by atoms with E-state index in [2.05, 4.69) is 5.32 Å². The smallest absolute Gasteiger partial charge is 0.328 e. The first-order valence-electron chi connectivity index (χ1n) is 10.3. The van der Waals surface area contributed by atoms with Gasteiger partial charge >= 0.3 is 5.97 Å². The second-order valence-corrected chi connectivity index (χ2v) is 8.46. The zero-order valence-electron chi connectivity index (χ0n) is 17.4. The van der Waals surface area contributed by atoms with Gasteiger partial charge in [0.15, 0.2) is 0 Å². The number of benzene rings is 2. The lowest BCUT2D eigenvalue weighted by atomic mass is 10.1. The first-order valence-corrected chi connectivity index (χ1v) is 11.4. The van der Waals surface area contributed by atoms with E-state index in [0.717, 1.165) is 22.2 Å². The van der Waals surface area contributed by atoms with Crippen LogP contribution in [0.2, 0.25) is 0 Å². The van der Waals surface area contributed by atoms with Gasteiger partial charge in [-0.05, 0) is 48.0 Å². The van der Waals surface area contributed by atoms with Crippen molar-refractivity contribution in [2.24, 2.45) is 11.5 Å². The van der Waals surface area contributed by atoms with Crippen LogP contribution in [0, 0.1) is 0 Å². The minimum absolute atomic E-state index is 0.0970. The highest BCUT2D eigenvalue weighted by Crippen LogP contribution is 2.19. The fourth-order valence-electron chi connectivity index (χ4n) is 3.25. The summed E-state index contributed by atoms with van der Waals surface area (Å²) in [5.74, 6) is 0.164. The third-order valence-electron chi connectivity index (χ3n) is 4.91. The van der Waals surface area contributed by atoms with Gasteiger partial charge in [-0.15, -0.1) is 0 Å². The summed E-state index contributed by atoms with van der Waals surface area (Å²) in [5.41, 5.74) is 12.4. The van der Waals surface area contributed by atoms with Crippen molar-refractivity contribution in [1.29, 1.82) is 0 Å². The Hall–Kier alpha value is -2.29. The van der Waals surface area contributed by atoms with E-state index in [9.17, 15) is 14.7 Å². The third-order valence-corrected chi connectivity index (χ3v) is 5.79. The van der Waals surface area contributed by atoms with Gasteiger partial charge < -0.3 is 26.8 Å². The summed E-state index contributed by atoms with van der Waals surface area (Å²) < 4.78 is 0. The molecule has 2 rings (SSSR count). The molecule has 0 fully saturated rings. The van der Waals surface area contributed by atoms with Crippen molar-refractivity contribution in [1.82, 2.24) is 4.90 Å². The number of carboxylic acids is 1. The summed E-state index contributed by atoms with van der Waals surface area (Å²) in [5, 5.41) is 15.2. The van der Waals surface area contributed by atoms with Crippen molar-refractivity contribution < 1.29 is 14.7 Å². The Bertz CT molecular complexity index is 833. The number of carboxylic acid groups (broad SMARTS) is 1. The van der Waals surface area contributed by atoms with E-state index in [0.29, 0.717) is 31.7 Å². The van der Waals surface area contributed by atoms with Crippen LogP contribution in [0.5, 0.6) is 0 Å². The Morgan fingerprint density at radius 3 is 2.60 bits per heavy atom. The molecule has 30 heavy (non-hydrogen) atoms. The number of hydrogen-bond donors (Lipinski definition) is 4. The van der Waals surface area contributed by atoms with Gasteiger partial charge in [0.1, 0.15) is 6.04 Å². The highest BCUT2D eigenvalue weighted by Gasteiger charge is 2.32. The summed E-state index contributed by atoms with van der Waals surface area (Å²) in [6.07, 6.45) is 1.06. The molecule has 8 heteroatoms. The van der Waals surface area contributed by atoms with Crippen LogP contribution in [0.1, 0.15) is 19.8 Å². The molecular weight excluding hydrogens is 400 g/mol. The summed E-state index contributed by atoms with van der Waals surface area (Å²) in [4.78, 5) is 26.4. The molecule has 0 saturated heterocycles. The molecule has 0 heterocycles. The molecule has 0 radical (unpaired) electrons. The topological polar surface area (TPSA) is 122 Å². The molecule has 0 aliphatic heterocycles. The summed E-state index contributed by atoms with van der Waals surface area (Å²) >= 11 is 1.66. The average Bonchev–Trinajstić information content (AvgIpc) is 2.75. The Balaban J connectivity index is 2.15. The van der Waals surface area contributed by atoms with Crippen molar-refractivity contribution in [3.63, 3.8) is 0 Å². The number of hydrogen-bond acceptors (Lipinski definition) is 6. The zero-order chi connectivity index (χ0) is 21.9. The normalized spacial score (nSPS) is 13.0. The van der Waals surface area contributed by atoms with Gasteiger partial charge in [-0.1, -0.05) is 37.3 Å². The molecule has 0 unspecified atom stereocenters. The number of carbonyl (C=O) groups excluding carboxylic acids is 1. The largest absolute Gasteiger partial charge is 0.480 e. The monoisotopic (exact) mass is 432 g/mol. The van der Waals surface area contributed by atoms with Crippen molar-refractivity contribution in [3.8, 4) is 0 Å². The Morgan fingerprint density at radius 1 is 1.20 bits per heavy atom. The lowest BCUT2D eigenvalue weighted by Gasteiger charge is -2.31. The van der Waals surface area contributed by atoms with Crippen LogP contribution in [-0.4, -0.2) is 65.1 Å². The second-order valence-electron chi connectivity index (χ2n) is 7.06. The fourth-order valence-corrected chi connectivity index (χ4v) is 3.86. The molecule has 164 valence electrons. The predicted molar refractivity (Wildman–Crippen MR) is 125 cm³/mol. The van der Waals surface area contributed by atoms with E-state index < -0.39 is 18.1 Å². The summed E-state index contributed by atoms with van der Waals surface area (Å²) in [7, 11) is 0. The maximum absolute atomic E-state index is 12.9. The van der Waals surface area contributed by atoms with Crippen molar-refractivity contribution in [2.75, 3.05) is 36.5 Å². The van der Waals surface area contributed by atoms with Gasteiger partial charge in [0.25, 0.3) is 0 Å². The highest BCUT2D eigenvalue weighted by molar-refractivity contribution is 7.99. The quantitative estimate of drug-likeness (QED) is 0.358. The number of fused-ring (bicyclic) bond motifs is 1. The molecule has 2 aromatic carbocycles. The molecule has 0 bridgehead atoms. The van der Waals surface area contributed by atoms with Gasteiger partial charge in [-0.2, -0.15) is 11.8 Å². The molecule has 6 N–H and O–H groups in total. The van der Waals surface area contributed by atoms with Crippen molar-refractivity contribution >= 4 is 40.1 Å². The van der Waals surface area contributed by atoms with Crippen LogP contribution < -0.4 is 16.8 Å². The Morgan fingerprint density at radius 2 is 1.93 bits per heavy atom. The lowest BCUT2D eigenvalue weighted by Crippen LogP contribution is -2.54. The third kappa shape index (κ3) is 6.90. The van der Waals surface area contributed by atoms with Crippen molar-refractivity contribution in [3.05, 3.63) is 42.5 Å². The van der Waals surface area contributed by atoms with Crippen LogP contribution in [0.4, 0.5) is 5.69 Å². The first kappa shape index (κ1) is 24.0. The Labute approximate surface area is 182 Å². The number of aliphatic carboxylic acids is 1. The van der Waals surface area contributed by atoms with E-state index in [1.807, 2.05) is 49.4 Å². The lowest BCUT2D eigenvalue weighted by molar-refractivity contribution is -0.150. The van der Waals surface area contributed by atoms with Gasteiger partial charge in [-0.3, -0.25) is 4.79 Å². The molecule has 0 saturated carbocycles. The van der Waals surface area contributed by atoms with Gasteiger partial charge in [0.05, 0.1) is 6.04 Å². The first-order chi connectivity index (χ1) is 14.5. The standard InChI is InChI=1S/C22H32N4O3S/c1-2-30-13-12-26(21(27)19(24)8-5-11-23)20(22(28)29)15-25-18-10-9-16-6-3-4-7-17(16)14-18/h3-4,6-7,9-10,14,19-20,25H,2,5,8,11-13,15,23-24H2,1H3,(H,28,29)/t19-,20+/m1/s1. The van der Waals surface area contributed by atoms with Crippen LogP contribution in [-0.2, 0) is 9.59 Å². The minimum Gasteiger partial charge on any atom is -0.480 e. The molecule has 0 aliphatic carbocycles. The zero-order valence-corrected chi connectivity index (χ0v) is 18.2.